The van der Waals surface area contributed by atoms with Crippen LogP contribution in [0.4, 0.5) is 0 Å². The summed E-state index contributed by atoms with van der Waals surface area (Å²) in [6.45, 7) is 6.08. The molecule has 0 fully saturated rings. The van der Waals surface area contributed by atoms with Crippen LogP contribution in [-0.4, -0.2) is 13.1 Å². The van der Waals surface area contributed by atoms with Gasteiger partial charge in [-0.05, 0) is 73.9 Å². The molecule has 45 heavy (non-hydrogen) atoms. The summed E-state index contributed by atoms with van der Waals surface area (Å²) in [5.74, 6) is 0.449. The highest BCUT2D eigenvalue weighted by Gasteiger charge is 2.32. The molecule has 2 heterocycles. The summed E-state index contributed by atoms with van der Waals surface area (Å²) in [5.41, 5.74) is 12.2. The van der Waals surface area contributed by atoms with Crippen LogP contribution in [0, 0.1) is 32.1 Å². The second-order valence-corrected chi connectivity index (χ2v) is 11.2. The van der Waals surface area contributed by atoms with Crippen molar-refractivity contribution in [1.29, 1.82) is 5.26 Å². The number of aryl methyl sites for hydroxylation is 3. The molecule has 226 valence electrons. The summed E-state index contributed by atoms with van der Waals surface area (Å²) in [5, 5.41) is 11.5. The first-order chi connectivity index (χ1) is 21.7. The molecule has 0 bridgehead atoms. The highest BCUT2D eigenvalue weighted by atomic mass is 35.5. The Bertz CT molecular complexity index is 2060. The zero-order valence-electron chi connectivity index (χ0n) is 25.1. The maximum Gasteiger partial charge on any atom is 0.379 e. The van der Waals surface area contributed by atoms with Crippen LogP contribution in [0.15, 0.2) is 88.7 Å². The molecule has 4 aromatic carbocycles. The van der Waals surface area contributed by atoms with Crippen LogP contribution in [0.25, 0.3) is 11.0 Å². The number of furan rings is 1. The van der Waals surface area contributed by atoms with Crippen LogP contribution in [-0.2, 0) is 6.61 Å². The largest absolute Gasteiger partial charge is 0.493 e. The molecule has 0 spiro atoms. The van der Waals surface area contributed by atoms with Gasteiger partial charge in [-0.2, -0.15) is 5.26 Å². The number of allylic oxidation sites excluding steroid dienone is 1. The molecule has 1 aliphatic rings. The monoisotopic (exact) mass is 620 g/mol. The normalized spacial score (nSPS) is 14.0. The fourth-order valence-electron chi connectivity index (χ4n) is 5.42. The number of halogens is 1. The van der Waals surface area contributed by atoms with Gasteiger partial charge in [0.25, 0.3) is 0 Å². The van der Waals surface area contributed by atoms with Crippen molar-refractivity contribution in [3.63, 3.8) is 0 Å². The summed E-state index contributed by atoms with van der Waals surface area (Å²) in [4.78, 5) is 13.2. The number of esters is 1. The van der Waals surface area contributed by atoms with Gasteiger partial charge < -0.3 is 29.1 Å². The molecule has 5 aromatic rings. The fourth-order valence-corrected chi connectivity index (χ4v) is 5.61. The maximum absolute atomic E-state index is 13.2. The summed E-state index contributed by atoms with van der Waals surface area (Å²) in [6.07, 6.45) is 0. The molecule has 0 aliphatic carbocycles. The number of carbonyl (C=O) groups excluding carboxylic acids is 1. The first-order valence-corrected chi connectivity index (χ1v) is 14.5. The fraction of sp³-hybridized carbons (Fsp3) is 0.167. The van der Waals surface area contributed by atoms with Crippen molar-refractivity contribution >= 4 is 28.5 Å². The molecule has 2 N–H and O–H groups in total. The van der Waals surface area contributed by atoms with E-state index >= 15 is 0 Å². The van der Waals surface area contributed by atoms with Gasteiger partial charge in [0.15, 0.2) is 11.5 Å². The Kier molecular flexibility index (Phi) is 7.88. The first-order valence-electron chi connectivity index (χ1n) is 14.2. The van der Waals surface area contributed by atoms with E-state index < -0.39 is 11.9 Å². The number of fused-ring (bicyclic) bond motifs is 2. The van der Waals surface area contributed by atoms with Crippen molar-refractivity contribution in [2.75, 3.05) is 7.11 Å². The van der Waals surface area contributed by atoms with E-state index in [0.29, 0.717) is 39.0 Å². The number of carbonyl (C=O) groups is 1. The van der Waals surface area contributed by atoms with Crippen molar-refractivity contribution in [1.82, 2.24) is 0 Å². The van der Waals surface area contributed by atoms with E-state index in [0.717, 1.165) is 27.6 Å². The zero-order valence-corrected chi connectivity index (χ0v) is 25.8. The Morgan fingerprint density at radius 1 is 1.00 bits per heavy atom. The lowest BCUT2D eigenvalue weighted by atomic mass is 9.83. The molecular formula is C36H29ClN2O6. The number of benzene rings is 4. The van der Waals surface area contributed by atoms with E-state index in [4.69, 9.17) is 40.7 Å². The average molecular weight is 621 g/mol. The molecule has 0 saturated heterocycles. The molecular weight excluding hydrogens is 592 g/mol. The third kappa shape index (κ3) is 5.54. The number of hydrogen-bond acceptors (Lipinski definition) is 8. The van der Waals surface area contributed by atoms with E-state index in [1.807, 2.05) is 57.2 Å². The standard InChI is InChI=1S/C36H29ClN2O6/c1-19-13-26-21(3)34(44-30(26)14-20(19)2)36(40)43-24-10-11-25-31(16-24)45-35(39)27(17-38)33(25)22-9-12-29(32(15-22)41-4)42-18-23-7-5-6-8-28(23)37/h5-16,33H,18,39H2,1-4H3. The van der Waals surface area contributed by atoms with Crippen molar-refractivity contribution < 1.29 is 28.2 Å². The molecule has 0 saturated carbocycles. The Labute approximate surface area is 265 Å². The van der Waals surface area contributed by atoms with Gasteiger partial charge >= 0.3 is 5.97 Å². The summed E-state index contributed by atoms with van der Waals surface area (Å²) < 4.78 is 29.1. The Morgan fingerprint density at radius 3 is 2.53 bits per heavy atom. The van der Waals surface area contributed by atoms with E-state index in [1.54, 1.807) is 43.5 Å². The zero-order chi connectivity index (χ0) is 31.8. The summed E-state index contributed by atoms with van der Waals surface area (Å²) >= 11 is 6.29. The number of methoxy groups -OCH3 is 1. The number of hydrogen-bond donors (Lipinski definition) is 1. The molecule has 1 atom stereocenters. The van der Waals surface area contributed by atoms with Gasteiger partial charge in [-0.25, -0.2) is 4.79 Å². The lowest BCUT2D eigenvalue weighted by Crippen LogP contribution is -2.21. The van der Waals surface area contributed by atoms with Crippen molar-refractivity contribution in [2.45, 2.75) is 33.3 Å². The highest BCUT2D eigenvalue weighted by molar-refractivity contribution is 6.31. The van der Waals surface area contributed by atoms with Gasteiger partial charge in [0.05, 0.1) is 13.0 Å². The number of rotatable bonds is 7. The quantitative estimate of drug-likeness (QED) is 0.143. The molecule has 0 amide bonds. The van der Waals surface area contributed by atoms with E-state index in [-0.39, 0.29) is 29.6 Å². The van der Waals surface area contributed by atoms with Gasteiger partial charge in [-0.15, -0.1) is 0 Å². The number of nitriles is 1. The van der Waals surface area contributed by atoms with Gasteiger partial charge in [-0.3, -0.25) is 0 Å². The maximum atomic E-state index is 13.2. The summed E-state index contributed by atoms with van der Waals surface area (Å²) in [6, 6.07) is 23.9. The van der Waals surface area contributed by atoms with Crippen molar-refractivity contribution in [2.24, 2.45) is 5.73 Å². The van der Waals surface area contributed by atoms with Gasteiger partial charge in [0, 0.05) is 33.2 Å². The van der Waals surface area contributed by atoms with Gasteiger partial charge in [0.1, 0.15) is 35.3 Å². The number of ether oxygens (including phenoxy) is 4. The first kappa shape index (κ1) is 29.7. The lowest BCUT2D eigenvalue weighted by Gasteiger charge is -2.27. The number of nitrogens with zero attached hydrogens (tertiary/aromatic N) is 1. The minimum Gasteiger partial charge on any atom is -0.493 e. The molecule has 6 rings (SSSR count). The predicted molar refractivity (Wildman–Crippen MR) is 170 cm³/mol. The van der Waals surface area contributed by atoms with Crippen LogP contribution < -0.4 is 24.7 Å². The second kappa shape index (κ2) is 11.9. The van der Waals surface area contributed by atoms with Crippen LogP contribution in [0.5, 0.6) is 23.0 Å². The minimum atomic E-state index is -0.635. The smallest absolute Gasteiger partial charge is 0.379 e. The Hall–Kier alpha value is -5.39. The van der Waals surface area contributed by atoms with Crippen molar-refractivity contribution in [3.8, 4) is 29.1 Å². The van der Waals surface area contributed by atoms with Gasteiger partial charge in [0.2, 0.25) is 11.6 Å². The second-order valence-electron chi connectivity index (χ2n) is 10.8. The average Bonchev–Trinajstić information content (AvgIpc) is 3.34. The molecule has 9 heteroatoms. The van der Waals surface area contributed by atoms with E-state index in [2.05, 4.69) is 6.07 Å². The van der Waals surface area contributed by atoms with Crippen LogP contribution >= 0.6 is 11.6 Å². The molecule has 1 unspecified atom stereocenters. The minimum absolute atomic E-state index is 0.0460. The van der Waals surface area contributed by atoms with Crippen LogP contribution in [0.3, 0.4) is 0 Å². The molecule has 8 nitrogen and oxygen atoms in total. The van der Waals surface area contributed by atoms with Gasteiger partial charge in [-0.1, -0.05) is 41.9 Å². The predicted octanol–water partition coefficient (Wildman–Crippen LogP) is 8.04. The van der Waals surface area contributed by atoms with E-state index in [1.165, 1.54) is 0 Å². The third-order valence-corrected chi connectivity index (χ3v) is 8.37. The third-order valence-electron chi connectivity index (χ3n) is 8.00. The Balaban J connectivity index is 1.29. The summed E-state index contributed by atoms with van der Waals surface area (Å²) in [7, 11) is 1.54. The molecule has 0 radical (unpaired) electrons. The highest BCUT2D eigenvalue weighted by Crippen LogP contribution is 2.45. The molecule has 1 aromatic heterocycles. The SMILES string of the molecule is COc1cc(C2C(C#N)=C(N)Oc3cc(OC(=O)c4oc5cc(C)c(C)cc5c4C)ccc32)ccc1OCc1ccccc1Cl. The van der Waals surface area contributed by atoms with E-state index in [9.17, 15) is 10.1 Å². The topological polar surface area (TPSA) is 117 Å². The Morgan fingerprint density at radius 2 is 1.78 bits per heavy atom. The van der Waals surface area contributed by atoms with Crippen molar-refractivity contribution in [3.05, 3.63) is 128 Å². The lowest BCUT2D eigenvalue weighted by molar-refractivity contribution is 0.0702. The molecule has 1 aliphatic heterocycles. The van der Waals surface area contributed by atoms with Crippen LogP contribution in [0.1, 0.15) is 49.9 Å². The van der Waals surface area contributed by atoms with Crippen LogP contribution in [0.2, 0.25) is 5.02 Å². The number of nitrogens with two attached hydrogens (primary N) is 1.